The summed E-state index contributed by atoms with van der Waals surface area (Å²) >= 11 is 0. The standard InChI is InChI=1S/C21H27NO4S/c1-16-12-17(13-22(16)14-21(23)18-6-4-3-5-7-18)15-26-19-8-10-20(11-9-19)27(2,24)25/h3-11,16-17,21,23H,12-15H2,1-2H3/t16-,17+,21?/m1/s1. The van der Waals surface area contributed by atoms with Crippen molar-refractivity contribution in [3.05, 3.63) is 60.2 Å². The highest BCUT2D eigenvalue weighted by molar-refractivity contribution is 7.90. The number of likely N-dealkylation sites (tertiary alicyclic amines) is 1. The first-order chi connectivity index (χ1) is 12.8. The Morgan fingerprint density at radius 3 is 2.44 bits per heavy atom. The zero-order valence-corrected chi connectivity index (χ0v) is 16.6. The van der Waals surface area contributed by atoms with Crippen molar-refractivity contribution < 1.29 is 18.3 Å². The van der Waals surface area contributed by atoms with Gasteiger partial charge in [0.05, 0.1) is 17.6 Å². The van der Waals surface area contributed by atoms with Crippen LogP contribution >= 0.6 is 0 Å². The second-order valence-electron chi connectivity index (χ2n) is 7.39. The number of sulfone groups is 1. The van der Waals surface area contributed by atoms with Crippen LogP contribution in [0.15, 0.2) is 59.5 Å². The SMILES string of the molecule is C[C@@H]1C[C@H](COc2ccc(S(C)(=O)=O)cc2)CN1CC(O)c1ccccc1. The minimum Gasteiger partial charge on any atom is -0.493 e. The number of hydrogen-bond acceptors (Lipinski definition) is 5. The summed E-state index contributed by atoms with van der Waals surface area (Å²) in [5.41, 5.74) is 0.940. The maximum absolute atomic E-state index is 11.5. The lowest BCUT2D eigenvalue weighted by Gasteiger charge is -2.24. The Morgan fingerprint density at radius 1 is 1.15 bits per heavy atom. The number of aliphatic hydroxyl groups is 1. The molecule has 0 saturated carbocycles. The Balaban J connectivity index is 1.51. The summed E-state index contributed by atoms with van der Waals surface area (Å²) in [5, 5.41) is 10.5. The van der Waals surface area contributed by atoms with Crippen LogP contribution in [0.25, 0.3) is 0 Å². The van der Waals surface area contributed by atoms with E-state index in [0.717, 1.165) is 18.5 Å². The van der Waals surface area contributed by atoms with Gasteiger partial charge in [0.2, 0.25) is 0 Å². The lowest BCUT2D eigenvalue weighted by molar-refractivity contribution is 0.107. The number of aliphatic hydroxyl groups excluding tert-OH is 1. The average molecular weight is 390 g/mol. The first-order valence-electron chi connectivity index (χ1n) is 9.23. The van der Waals surface area contributed by atoms with Crippen molar-refractivity contribution >= 4 is 9.84 Å². The highest BCUT2D eigenvalue weighted by Crippen LogP contribution is 2.27. The summed E-state index contributed by atoms with van der Waals surface area (Å²) in [5.74, 6) is 1.07. The molecule has 6 heteroatoms. The van der Waals surface area contributed by atoms with Crippen molar-refractivity contribution in [3.8, 4) is 5.75 Å². The second-order valence-corrected chi connectivity index (χ2v) is 9.40. The number of hydrogen-bond donors (Lipinski definition) is 1. The Bertz CT molecular complexity index is 836. The third-order valence-corrected chi connectivity index (χ3v) is 6.25. The Hall–Kier alpha value is -1.89. The number of rotatable bonds is 7. The molecule has 1 aliphatic rings. The first kappa shape index (κ1) is 19.9. The third kappa shape index (κ3) is 5.31. The largest absolute Gasteiger partial charge is 0.493 e. The third-order valence-electron chi connectivity index (χ3n) is 5.12. The monoisotopic (exact) mass is 389 g/mol. The topological polar surface area (TPSA) is 66.8 Å². The van der Waals surface area contributed by atoms with Crippen LogP contribution in [-0.4, -0.2) is 50.4 Å². The van der Waals surface area contributed by atoms with Gasteiger partial charge in [0.1, 0.15) is 5.75 Å². The molecule has 27 heavy (non-hydrogen) atoms. The quantitative estimate of drug-likeness (QED) is 0.789. The fourth-order valence-corrected chi connectivity index (χ4v) is 4.22. The van der Waals surface area contributed by atoms with Crippen LogP contribution in [0.4, 0.5) is 0 Å². The van der Waals surface area contributed by atoms with Crippen LogP contribution in [-0.2, 0) is 9.84 Å². The summed E-state index contributed by atoms with van der Waals surface area (Å²) in [7, 11) is -3.19. The maximum atomic E-state index is 11.5. The van der Waals surface area contributed by atoms with Crippen molar-refractivity contribution in [1.82, 2.24) is 4.90 Å². The van der Waals surface area contributed by atoms with Gasteiger partial charge in [0, 0.05) is 31.3 Å². The van der Waals surface area contributed by atoms with E-state index in [1.165, 1.54) is 6.26 Å². The van der Waals surface area contributed by atoms with Crippen LogP contribution in [0.5, 0.6) is 5.75 Å². The molecule has 0 aliphatic carbocycles. The zero-order chi connectivity index (χ0) is 19.4. The predicted molar refractivity (Wildman–Crippen MR) is 106 cm³/mol. The molecule has 1 fully saturated rings. The molecule has 1 heterocycles. The van der Waals surface area contributed by atoms with Crippen molar-refractivity contribution in [2.75, 3.05) is 26.0 Å². The molecule has 0 bridgehead atoms. The summed E-state index contributed by atoms with van der Waals surface area (Å²) < 4.78 is 28.9. The van der Waals surface area contributed by atoms with Crippen LogP contribution in [0, 0.1) is 5.92 Å². The van der Waals surface area contributed by atoms with Crippen molar-refractivity contribution in [2.45, 2.75) is 30.4 Å². The molecule has 0 aromatic heterocycles. The fourth-order valence-electron chi connectivity index (χ4n) is 3.59. The van der Waals surface area contributed by atoms with Crippen LogP contribution in [0.1, 0.15) is 25.0 Å². The minimum absolute atomic E-state index is 0.297. The average Bonchev–Trinajstić information content (AvgIpc) is 3.00. The molecule has 146 valence electrons. The molecule has 0 spiro atoms. The summed E-state index contributed by atoms with van der Waals surface area (Å²) in [6.07, 6.45) is 1.72. The zero-order valence-electron chi connectivity index (χ0n) is 15.8. The van der Waals surface area contributed by atoms with E-state index in [1.807, 2.05) is 30.3 Å². The van der Waals surface area contributed by atoms with Gasteiger partial charge in [-0.05, 0) is 43.2 Å². The molecule has 1 saturated heterocycles. The van der Waals surface area contributed by atoms with E-state index in [2.05, 4.69) is 11.8 Å². The number of ether oxygens (including phenoxy) is 1. The Labute approximate surface area is 161 Å². The van der Waals surface area contributed by atoms with Gasteiger partial charge in [-0.15, -0.1) is 0 Å². The summed E-state index contributed by atoms with van der Waals surface area (Å²) in [4.78, 5) is 2.60. The fraction of sp³-hybridized carbons (Fsp3) is 0.429. The lowest BCUT2D eigenvalue weighted by Crippen LogP contribution is -2.32. The van der Waals surface area contributed by atoms with Crippen LogP contribution in [0.3, 0.4) is 0 Å². The molecule has 2 aromatic rings. The minimum atomic E-state index is -3.19. The molecule has 0 amide bonds. The van der Waals surface area contributed by atoms with Gasteiger partial charge in [0.25, 0.3) is 0 Å². The van der Waals surface area contributed by atoms with Gasteiger partial charge in [-0.3, -0.25) is 4.90 Å². The van der Waals surface area contributed by atoms with E-state index in [4.69, 9.17) is 4.74 Å². The van der Waals surface area contributed by atoms with Gasteiger partial charge < -0.3 is 9.84 Å². The van der Waals surface area contributed by atoms with Crippen LogP contribution < -0.4 is 4.74 Å². The van der Waals surface area contributed by atoms with Crippen molar-refractivity contribution in [1.29, 1.82) is 0 Å². The van der Waals surface area contributed by atoms with E-state index in [-0.39, 0.29) is 0 Å². The van der Waals surface area contributed by atoms with Gasteiger partial charge in [-0.25, -0.2) is 8.42 Å². The molecule has 3 atom stereocenters. The molecule has 5 nitrogen and oxygen atoms in total. The maximum Gasteiger partial charge on any atom is 0.175 e. The van der Waals surface area contributed by atoms with Gasteiger partial charge >= 0.3 is 0 Å². The van der Waals surface area contributed by atoms with Gasteiger partial charge in [0.15, 0.2) is 9.84 Å². The van der Waals surface area contributed by atoms with Crippen LogP contribution in [0.2, 0.25) is 0 Å². The molecule has 1 N–H and O–H groups in total. The second kappa shape index (κ2) is 8.42. The van der Waals surface area contributed by atoms with E-state index < -0.39 is 15.9 Å². The van der Waals surface area contributed by atoms with Gasteiger partial charge in [-0.2, -0.15) is 0 Å². The normalized spacial score (nSPS) is 21.9. The van der Waals surface area contributed by atoms with E-state index >= 15 is 0 Å². The highest BCUT2D eigenvalue weighted by atomic mass is 32.2. The summed E-state index contributed by atoms with van der Waals surface area (Å²) in [6.45, 7) is 4.26. The molecular weight excluding hydrogens is 362 g/mol. The first-order valence-corrected chi connectivity index (χ1v) is 11.1. The number of β-amino-alcohol motifs (C(OH)–C–C–N with tert-alkyl or cyclic N) is 1. The molecule has 3 rings (SSSR count). The van der Waals surface area contributed by atoms with E-state index in [9.17, 15) is 13.5 Å². The molecule has 0 radical (unpaired) electrons. The number of nitrogens with zero attached hydrogens (tertiary/aromatic N) is 1. The van der Waals surface area contributed by atoms with Crippen molar-refractivity contribution in [2.24, 2.45) is 5.92 Å². The molecule has 1 unspecified atom stereocenters. The smallest absolute Gasteiger partial charge is 0.175 e. The Morgan fingerprint density at radius 2 is 1.81 bits per heavy atom. The molecular formula is C21H27NO4S. The van der Waals surface area contributed by atoms with E-state index in [0.29, 0.717) is 35.8 Å². The lowest BCUT2D eigenvalue weighted by atomic mass is 10.1. The molecule has 1 aliphatic heterocycles. The predicted octanol–water partition coefficient (Wildman–Crippen LogP) is 2.91. The number of benzene rings is 2. The van der Waals surface area contributed by atoms with E-state index in [1.54, 1.807) is 24.3 Å². The summed E-state index contributed by atoms with van der Waals surface area (Å²) in [6, 6.07) is 16.7. The highest BCUT2D eigenvalue weighted by Gasteiger charge is 2.30. The van der Waals surface area contributed by atoms with Gasteiger partial charge in [-0.1, -0.05) is 30.3 Å². The molecule has 2 aromatic carbocycles. The Kier molecular flexibility index (Phi) is 6.19. The van der Waals surface area contributed by atoms with Crippen molar-refractivity contribution in [3.63, 3.8) is 0 Å².